The van der Waals surface area contributed by atoms with E-state index in [-0.39, 0.29) is 16.8 Å². The number of anilines is 1. The van der Waals surface area contributed by atoms with Gasteiger partial charge in [0, 0.05) is 18.2 Å². The van der Waals surface area contributed by atoms with Crippen LogP contribution in [-0.2, 0) is 16.4 Å². The molecule has 0 spiro atoms. The van der Waals surface area contributed by atoms with Crippen LogP contribution in [0.15, 0.2) is 53.4 Å². The summed E-state index contributed by atoms with van der Waals surface area (Å²) >= 11 is 0. The van der Waals surface area contributed by atoms with E-state index in [4.69, 9.17) is 0 Å². The summed E-state index contributed by atoms with van der Waals surface area (Å²) in [6, 6.07) is 14.0. The summed E-state index contributed by atoms with van der Waals surface area (Å²) in [5, 5.41) is 3.08. The first-order valence-electron chi connectivity index (χ1n) is 9.07. The summed E-state index contributed by atoms with van der Waals surface area (Å²) < 4.78 is 27.2. The minimum atomic E-state index is -3.57. The zero-order valence-electron chi connectivity index (χ0n) is 14.5. The van der Waals surface area contributed by atoms with Crippen molar-refractivity contribution in [1.29, 1.82) is 0 Å². The predicted octanol–water partition coefficient (Wildman–Crippen LogP) is 3.11. The molecular formula is C20H22N2O3S. The third kappa shape index (κ3) is 3.09. The highest BCUT2D eigenvalue weighted by atomic mass is 32.2. The minimum Gasteiger partial charge on any atom is -0.349 e. The fourth-order valence-electron chi connectivity index (χ4n) is 3.82. The number of hydrogen-bond acceptors (Lipinski definition) is 3. The molecular weight excluding hydrogens is 348 g/mol. The third-order valence-corrected chi connectivity index (χ3v) is 7.04. The van der Waals surface area contributed by atoms with Crippen LogP contribution < -0.4 is 9.62 Å². The molecule has 0 saturated heterocycles. The van der Waals surface area contributed by atoms with Gasteiger partial charge in [-0.25, -0.2) is 8.42 Å². The molecule has 2 aliphatic rings. The number of benzene rings is 2. The average molecular weight is 370 g/mol. The van der Waals surface area contributed by atoms with E-state index in [1.807, 2.05) is 6.07 Å². The van der Waals surface area contributed by atoms with Crippen molar-refractivity contribution >= 4 is 21.6 Å². The normalized spacial score (nSPS) is 17.3. The quantitative estimate of drug-likeness (QED) is 0.899. The van der Waals surface area contributed by atoms with Gasteiger partial charge in [-0.15, -0.1) is 0 Å². The molecule has 0 aromatic heterocycles. The maximum absolute atomic E-state index is 12.9. The number of carbonyl (C=O) groups excluding carboxylic acids is 1. The van der Waals surface area contributed by atoms with Gasteiger partial charge in [0.15, 0.2) is 0 Å². The molecule has 0 unspecified atom stereocenters. The Bertz CT molecular complexity index is 919. The first-order chi connectivity index (χ1) is 12.6. The van der Waals surface area contributed by atoms with Crippen molar-refractivity contribution in [1.82, 2.24) is 5.32 Å². The largest absolute Gasteiger partial charge is 0.349 e. The predicted molar refractivity (Wildman–Crippen MR) is 101 cm³/mol. The maximum atomic E-state index is 12.9. The number of nitrogens with zero attached hydrogens (tertiary/aromatic N) is 1. The van der Waals surface area contributed by atoms with Crippen LogP contribution in [0.2, 0.25) is 0 Å². The monoisotopic (exact) mass is 370 g/mol. The second-order valence-electron chi connectivity index (χ2n) is 6.94. The van der Waals surface area contributed by atoms with E-state index in [1.54, 1.807) is 42.5 Å². The molecule has 1 fully saturated rings. The lowest BCUT2D eigenvalue weighted by atomic mass is 10.1. The number of nitrogens with one attached hydrogen (secondary N) is 1. The molecule has 26 heavy (non-hydrogen) atoms. The molecule has 136 valence electrons. The Labute approximate surface area is 154 Å². The molecule has 5 nitrogen and oxygen atoms in total. The molecule has 1 amide bonds. The lowest BCUT2D eigenvalue weighted by molar-refractivity contribution is 0.0938. The number of carbonyl (C=O) groups is 1. The lowest BCUT2D eigenvalue weighted by Gasteiger charge is -2.20. The Morgan fingerprint density at radius 1 is 1.04 bits per heavy atom. The van der Waals surface area contributed by atoms with E-state index in [1.165, 1.54) is 17.1 Å². The Morgan fingerprint density at radius 2 is 1.77 bits per heavy atom. The standard InChI is InChI=1S/C20H22N2O3S/c23-20(21-17-6-4-5-7-17)16-10-11-19-15(14-16)12-13-22(19)26(24,25)18-8-2-1-3-9-18/h1-3,8-11,14,17H,4-7,12-13H2,(H,21,23). The minimum absolute atomic E-state index is 0.0657. The van der Waals surface area contributed by atoms with Crippen molar-refractivity contribution in [2.75, 3.05) is 10.8 Å². The fraction of sp³-hybridized carbons (Fsp3) is 0.350. The Morgan fingerprint density at radius 3 is 2.50 bits per heavy atom. The number of rotatable bonds is 4. The first kappa shape index (κ1) is 17.1. The van der Waals surface area contributed by atoms with E-state index in [2.05, 4.69) is 5.32 Å². The van der Waals surface area contributed by atoms with Gasteiger partial charge in [-0.2, -0.15) is 0 Å². The van der Waals surface area contributed by atoms with Crippen molar-refractivity contribution in [3.05, 3.63) is 59.7 Å². The van der Waals surface area contributed by atoms with Gasteiger partial charge in [-0.3, -0.25) is 9.10 Å². The molecule has 0 bridgehead atoms. The van der Waals surface area contributed by atoms with E-state index < -0.39 is 10.0 Å². The van der Waals surface area contributed by atoms with Gasteiger partial charge >= 0.3 is 0 Å². The van der Waals surface area contributed by atoms with Gasteiger partial charge in [-0.05, 0) is 55.2 Å². The smallest absolute Gasteiger partial charge is 0.264 e. The summed E-state index contributed by atoms with van der Waals surface area (Å²) in [5.41, 5.74) is 2.18. The van der Waals surface area contributed by atoms with Crippen LogP contribution in [-0.4, -0.2) is 26.9 Å². The zero-order chi connectivity index (χ0) is 18.1. The topological polar surface area (TPSA) is 66.5 Å². The molecule has 1 N–H and O–H groups in total. The van der Waals surface area contributed by atoms with Crippen LogP contribution in [0.4, 0.5) is 5.69 Å². The molecule has 0 atom stereocenters. The highest BCUT2D eigenvalue weighted by Crippen LogP contribution is 2.33. The first-order valence-corrected chi connectivity index (χ1v) is 10.5. The van der Waals surface area contributed by atoms with Gasteiger partial charge in [0.05, 0.1) is 10.6 Å². The molecule has 1 aliphatic heterocycles. The van der Waals surface area contributed by atoms with Crippen LogP contribution in [0.25, 0.3) is 0 Å². The van der Waals surface area contributed by atoms with Gasteiger partial charge in [0.1, 0.15) is 0 Å². The van der Waals surface area contributed by atoms with Crippen molar-refractivity contribution < 1.29 is 13.2 Å². The van der Waals surface area contributed by atoms with Crippen LogP contribution >= 0.6 is 0 Å². The summed E-state index contributed by atoms with van der Waals surface area (Å²) in [6.45, 7) is 0.403. The highest BCUT2D eigenvalue weighted by molar-refractivity contribution is 7.92. The van der Waals surface area contributed by atoms with Crippen molar-refractivity contribution in [2.24, 2.45) is 0 Å². The molecule has 4 rings (SSSR count). The van der Waals surface area contributed by atoms with Gasteiger partial charge in [-0.1, -0.05) is 31.0 Å². The molecule has 1 heterocycles. The van der Waals surface area contributed by atoms with E-state index in [0.717, 1.165) is 18.4 Å². The molecule has 2 aromatic rings. The van der Waals surface area contributed by atoms with Gasteiger partial charge < -0.3 is 5.32 Å². The Kier molecular flexibility index (Phi) is 4.44. The molecule has 0 radical (unpaired) electrons. The van der Waals surface area contributed by atoms with E-state index in [0.29, 0.717) is 24.2 Å². The second-order valence-corrected chi connectivity index (χ2v) is 8.80. The van der Waals surface area contributed by atoms with Crippen LogP contribution in [0, 0.1) is 0 Å². The fourth-order valence-corrected chi connectivity index (χ4v) is 5.35. The highest BCUT2D eigenvalue weighted by Gasteiger charge is 2.31. The third-order valence-electron chi connectivity index (χ3n) is 5.22. The van der Waals surface area contributed by atoms with E-state index >= 15 is 0 Å². The summed E-state index contributed by atoms with van der Waals surface area (Å²) in [7, 11) is -3.57. The van der Waals surface area contributed by atoms with Crippen LogP contribution in [0.3, 0.4) is 0 Å². The SMILES string of the molecule is O=C(NC1CCCC1)c1ccc2c(c1)CCN2S(=O)(=O)c1ccccc1. The molecule has 1 aliphatic carbocycles. The number of amides is 1. The lowest BCUT2D eigenvalue weighted by Crippen LogP contribution is -2.32. The van der Waals surface area contributed by atoms with Gasteiger partial charge in [0.25, 0.3) is 15.9 Å². The van der Waals surface area contributed by atoms with Crippen LogP contribution in [0.5, 0.6) is 0 Å². The summed E-state index contributed by atoms with van der Waals surface area (Å²) in [6.07, 6.45) is 5.04. The van der Waals surface area contributed by atoms with Gasteiger partial charge in [0.2, 0.25) is 0 Å². The Hall–Kier alpha value is -2.34. The van der Waals surface area contributed by atoms with Crippen molar-refractivity contribution in [3.8, 4) is 0 Å². The average Bonchev–Trinajstić information content (AvgIpc) is 3.31. The molecule has 6 heteroatoms. The van der Waals surface area contributed by atoms with Crippen molar-refractivity contribution in [3.63, 3.8) is 0 Å². The van der Waals surface area contributed by atoms with Crippen LogP contribution in [0.1, 0.15) is 41.6 Å². The zero-order valence-corrected chi connectivity index (χ0v) is 15.3. The maximum Gasteiger partial charge on any atom is 0.264 e. The van der Waals surface area contributed by atoms with Crippen molar-refractivity contribution in [2.45, 2.75) is 43.0 Å². The molecule has 1 saturated carbocycles. The summed E-state index contributed by atoms with van der Waals surface area (Å²) in [4.78, 5) is 12.7. The van der Waals surface area contributed by atoms with E-state index in [9.17, 15) is 13.2 Å². The number of sulfonamides is 1. The number of hydrogen-bond donors (Lipinski definition) is 1. The Balaban J connectivity index is 1.58. The number of fused-ring (bicyclic) bond motifs is 1. The summed E-state index contributed by atoms with van der Waals surface area (Å²) in [5.74, 6) is -0.0657. The molecule has 2 aromatic carbocycles. The second kappa shape index (κ2) is 6.76.